The van der Waals surface area contributed by atoms with Crippen LogP contribution in [-0.4, -0.2) is 67.4 Å². The lowest BCUT2D eigenvalue weighted by molar-refractivity contribution is -0.169. The highest BCUT2D eigenvalue weighted by atomic mass is 16.7. The number of terminal acetylenes is 1. The van der Waals surface area contributed by atoms with E-state index in [4.69, 9.17) is 39.6 Å². The molecule has 14 nitrogen and oxygen atoms in total. The van der Waals surface area contributed by atoms with E-state index in [1.165, 1.54) is 0 Å². The summed E-state index contributed by atoms with van der Waals surface area (Å²) >= 11 is 0. The van der Waals surface area contributed by atoms with Crippen LogP contribution in [-0.2, 0) is 52.5 Å². The molecular formula is C72H66O14. The Morgan fingerprint density at radius 2 is 0.837 bits per heavy atom. The Balaban J connectivity index is 0.869. The van der Waals surface area contributed by atoms with Gasteiger partial charge in [0.25, 0.3) is 0 Å². The van der Waals surface area contributed by atoms with Crippen LogP contribution in [0.5, 0.6) is 11.5 Å². The third-order valence-electron chi connectivity index (χ3n) is 15.5. The Labute approximate surface area is 502 Å². The van der Waals surface area contributed by atoms with Crippen molar-refractivity contribution >= 4 is 41.8 Å². The molecule has 0 aliphatic heterocycles. The van der Waals surface area contributed by atoms with Crippen LogP contribution < -0.4 is 9.47 Å². The molecule has 5 aromatic rings. The van der Waals surface area contributed by atoms with Gasteiger partial charge in [0.05, 0.1) is 42.4 Å². The second-order valence-electron chi connectivity index (χ2n) is 21.3. The Hall–Kier alpha value is -9.89. The van der Waals surface area contributed by atoms with Crippen LogP contribution >= 0.6 is 0 Å². The number of hydrogen-bond donors (Lipinski definition) is 0. The van der Waals surface area contributed by atoms with Crippen LogP contribution in [0.15, 0.2) is 147 Å². The van der Waals surface area contributed by atoms with Gasteiger partial charge in [-0.05, 0) is 216 Å². The molecule has 438 valence electrons. The second-order valence-corrected chi connectivity index (χ2v) is 21.3. The molecule has 3 aliphatic carbocycles. The van der Waals surface area contributed by atoms with Gasteiger partial charge in [0.2, 0.25) is 6.79 Å². The summed E-state index contributed by atoms with van der Waals surface area (Å²) in [6.45, 7) is 6.61. The zero-order valence-corrected chi connectivity index (χ0v) is 47.8. The zero-order chi connectivity index (χ0) is 60.7. The van der Waals surface area contributed by atoms with Crippen molar-refractivity contribution in [1.29, 1.82) is 0 Å². The van der Waals surface area contributed by atoms with E-state index in [9.17, 15) is 33.6 Å². The van der Waals surface area contributed by atoms with Gasteiger partial charge >= 0.3 is 41.8 Å². The lowest BCUT2D eigenvalue weighted by Gasteiger charge is -2.36. The van der Waals surface area contributed by atoms with Gasteiger partial charge in [-0.15, -0.1) is 6.42 Å². The fourth-order valence-electron chi connectivity index (χ4n) is 10.3. The number of benzene rings is 5. The van der Waals surface area contributed by atoms with Crippen LogP contribution in [0.3, 0.4) is 0 Å². The Morgan fingerprint density at radius 3 is 1.28 bits per heavy atom. The summed E-state index contributed by atoms with van der Waals surface area (Å²) in [4.78, 5) is 88.1. The van der Waals surface area contributed by atoms with Crippen LogP contribution in [0.4, 0.5) is 0 Å². The van der Waals surface area contributed by atoms with Gasteiger partial charge in [-0.25, -0.2) is 14.4 Å². The molecule has 0 spiro atoms. The number of esters is 7. The summed E-state index contributed by atoms with van der Waals surface area (Å²) in [5, 5.41) is 0. The van der Waals surface area contributed by atoms with E-state index in [1.54, 1.807) is 36.4 Å². The molecule has 0 aromatic heterocycles. The van der Waals surface area contributed by atoms with Gasteiger partial charge in [0.15, 0.2) is 5.60 Å². The molecule has 0 amide bonds. The molecule has 0 radical (unpaired) electrons. The van der Waals surface area contributed by atoms with E-state index in [0.717, 1.165) is 45.5 Å². The van der Waals surface area contributed by atoms with Gasteiger partial charge in [0, 0.05) is 45.5 Å². The van der Waals surface area contributed by atoms with E-state index in [-0.39, 0.29) is 54.2 Å². The van der Waals surface area contributed by atoms with Crippen LogP contribution in [0.25, 0.3) is 0 Å². The highest BCUT2D eigenvalue weighted by molar-refractivity contribution is 5.90. The second kappa shape index (κ2) is 31.1. The van der Waals surface area contributed by atoms with Crippen molar-refractivity contribution in [3.05, 3.63) is 191 Å². The van der Waals surface area contributed by atoms with E-state index in [2.05, 4.69) is 54.6 Å². The summed E-state index contributed by atoms with van der Waals surface area (Å²) < 4.78 is 38.1. The molecule has 0 N–H and O–H groups in total. The number of hydrogen-bond acceptors (Lipinski definition) is 14. The van der Waals surface area contributed by atoms with Gasteiger partial charge in [0.1, 0.15) is 11.5 Å². The van der Waals surface area contributed by atoms with Gasteiger partial charge in [-0.3, -0.25) is 19.2 Å². The lowest BCUT2D eigenvalue weighted by atomic mass is 9.76. The predicted octanol–water partition coefficient (Wildman–Crippen LogP) is 11.5. The fourth-order valence-corrected chi connectivity index (χ4v) is 10.3. The minimum Gasteiger partial charge on any atom is -0.465 e. The maximum absolute atomic E-state index is 14.0. The van der Waals surface area contributed by atoms with Crippen molar-refractivity contribution in [2.75, 3.05) is 20.0 Å². The first-order valence-electron chi connectivity index (χ1n) is 28.9. The Morgan fingerprint density at radius 1 is 0.453 bits per heavy atom. The monoisotopic (exact) mass is 1150 g/mol. The first-order chi connectivity index (χ1) is 41.8. The normalized spacial score (nSPS) is 19.4. The third-order valence-corrected chi connectivity index (χ3v) is 15.5. The lowest BCUT2D eigenvalue weighted by Crippen LogP contribution is -2.37. The summed E-state index contributed by atoms with van der Waals surface area (Å²) in [5.41, 5.74) is 5.02. The van der Waals surface area contributed by atoms with Gasteiger partial charge < -0.3 is 33.2 Å². The van der Waals surface area contributed by atoms with E-state index in [1.807, 2.05) is 84.9 Å². The molecule has 5 aromatic carbocycles. The Bertz CT molecular complexity index is 3480. The minimum atomic E-state index is -1.14. The molecule has 8 rings (SSSR count). The maximum Gasteiger partial charge on any atom is 0.339 e. The molecule has 0 saturated heterocycles. The number of rotatable bonds is 18. The number of unbranched alkanes of at least 4 members (excludes halogenated alkanes) is 1. The fraction of sp³-hybridized carbons (Fsp3) is 0.319. The zero-order valence-electron chi connectivity index (χ0n) is 47.8. The molecule has 3 saturated carbocycles. The molecule has 3 fully saturated rings. The molecule has 0 bridgehead atoms. The van der Waals surface area contributed by atoms with Crippen molar-refractivity contribution in [2.45, 2.75) is 101 Å². The van der Waals surface area contributed by atoms with Crippen molar-refractivity contribution in [1.82, 2.24) is 0 Å². The molecule has 0 atom stereocenters. The first-order valence-corrected chi connectivity index (χ1v) is 28.9. The van der Waals surface area contributed by atoms with Crippen LogP contribution in [0.2, 0.25) is 0 Å². The predicted molar refractivity (Wildman–Crippen MR) is 319 cm³/mol. The smallest absolute Gasteiger partial charge is 0.339 e. The molecule has 86 heavy (non-hydrogen) atoms. The van der Waals surface area contributed by atoms with E-state index < -0.39 is 54.1 Å². The quantitative estimate of drug-likeness (QED) is 0.0153. The van der Waals surface area contributed by atoms with Crippen molar-refractivity contribution < 1.29 is 66.7 Å². The van der Waals surface area contributed by atoms with Gasteiger partial charge in [-0.2, -0.15) is 0 Å². The van der Waals surface area contributed by atoms with E-state index >= 15 is 0 Å². The highest BCUT2D eigenvalue weighted by Gasteiger charge is 2.39. The standard InChI is InChI=1S/C72H66O14/c1-4-50-9-11-51(12-10-50)13-14-52-15-17-53(18-16-52)19-20-54-21-23-55(24-22-54)41-44-72(45-42-57(43-46-72)56-33-37-63(38-34-56)84-69(77)61-31-27-59(28-32-61)68(76)83-49-82-66(74)6-3)86-71(79)62-35-39-64(40-36-62)85-70(78)60-29-25-58(26-30-60)67(75)81-48-8-7-47-80-65(73)5-2/h1,5-6,9-12,15-18,21-24,33-40,57-61H,2-3,7-8,25-32,42-43,45-49H2. The summed E-state index contributed by atoms with van der Waals surface area (Å²) in [7, 11) is 0. The summed E-state index contributed by atoms with van der Waals surface area (Å²) in [5.74, 6) is 18.0. The largest absolute Gasteiger partial charge is 0.465 e. The van der Waals surface area contributed by atoms with Crippen molar-refractivity contribution in [3.8, 4) is 59.4 Å². The number of carbonyl (C=O) groups excluding carboxylic acids is 7. The van der Waals surface area contributed by atoms with Crippen molar-refractivity contribution in [3.63, 3.8) is 0 Å². The van der Waals surface area contributed by atoms with Crippen LogP contribution in [0, 0.1) is 71.5 Å². The molecule has 14 heteroatoms. The molecule has 0 unspecified atom stereocenters. The average molecular weight is 1160 g/mol. The minimum absolute atomic E-state index is 0.0967. The topological polar surface area (TPSA) is 184 Å². The van der Waals surface area contributed by atoms with E-state index in [0.29, 0.717) is 101 Å². The molecule has 0 heterocycles. The average Bonchev–Trinajstić information content (AvgIpc) is 3.66. The van der Waals surface area contributed by atoms with Crippen molar-refractivity contribution in [2.24, 2.45) is 23.7 Å². The number of ether oxygens (including phenoxy) is 7. The first kappa shape index (κ1) is 62.2. The van der Waals surface area contributed by atoms with Gasteiger partial charge in [-0.1, -0.05) is 60.8 Å². The highest BCUT2D eigenvalue weighted by Crippen LogP contribution is 2.41. The Kier molecular flexibility index (Phi) is 22.5. The third kappa shape index (κ3) is 18.6. The summed E-state index contributed by atoms with van der Waals surface area (Å²) in [6, 6.07) is 36.5. The number of carbonyl (C=O) groups is 7. The SMILES string of the molecule is C#Cc1ccc(C#Cc2ccc(C#Cc3ccc(C#CC4(OC(=O)c5ccc(OC(=O)C6CCC(C(=O)OCCCCOC(=O)C=C)CC6)cc5)CCC(c5ccc(OC(=O)C6CCC(C(=O)OCOC(=O)C=C)CC6)cc5)CC4)cc3)cc2)cc1. The maximum atomic E-state index is 14.0. The molecule has 3 aliphatic rings. The molecular weight excluding hydrogens is 1090 g/mol. The van der Waals surface area contributed by atoms with Crippen LogP contribution in [0.1, 0.15) is 145 Å². The summed E-state index contributed by atoms with van der Waals surface area (Å²) in [6.07, 6.45) is 14.5.